The third-order valence-corrected chi connectivity index (χ3v) is 2.55. The fourth-order valence-corrected chi connectivity index (χ4v) is 1.43. The molecule has 3 nitrogen and oxygen atoms in total. The summed E-state index contributed by atoms with van der Waals surface area (Å²) in [5.74, 6) is -1.12. The summed E-state index contributed by atoms with van der Waals surface area (Å²) in [6, 6.07) is 0. The van der Waals surface area contributed by atoms with Gasteiger partial charge in [-0.3, -0.25) is 0 Å². The number of rotatable bonds is 7. The van der Waals surface area contributed by atoms with Crippen molar-refractivity contribution in [2.45, 2.75) is 51.3 Å². The van der Waals surface area contributed by atoms with E-state index in [4.69, 9.17) is 5.11 Å². The number of unbranched alkanes of at least 4 members (excludes halogenated alkanes) is 4. The van der Waals surface area contributed by atoms with E-state index in [1.54, 1.807) is 0 Å². The van der Waals surface area contributed by atoms with Crippen LogP contribution < -0.4 is 4.89 Å². The van der Waals surface area contributed by atoms with E-state index in [2.05, 4.69) is 6.92 Å². The molecule has 0 rings (SSSR count). The average Bonchev–Trinajstić information content (AvgIpc) is 2.03. The maximum atomic E-state index is 10.2. The van der Waals surface area contributed by atoms with Crippen molar-refractivity contribution >= 4 is 8.03 Å². The molecular weight excluding hydrogens is 175 g/mol. The Bertz CT molecular complexity index is 127. The molecule has 4 heteroatoms. The molecule has 0 aliphatic carbocycles. The second-order valence-corrected chi connectivity index (χ2v) is 4.14. The normalized spacial score (nSPS) is 14.4. The monoisotopic (exact) mass is 192 g/mol. The van der Waals surface area contributed by atoms with Gasteiger partial charge in [0.25, 0.3) is 0 Å². The van der Waals surface area contributed by atoms with E-state index in [1.807, 2.05) is 0 Å². The molecule has 0 saturated heterocycles. The Morgan fingerprint density at radius 1 is 1.33 bits per heavy atom. The quantitative estimate of drug-likeness (QED) is 0.494. The average molecular weight is 192 g/mol. The zero-order chi connectivity index (χ0) is 9.40. The van der Waals surface area contributed by atoms with E-state index >= 15 is 0 Å². The predicted octanol–water partition coefficient (Wildman–Crippen LogP) is 1.77. The van der Waals surface area contributed by atoms with E-state index in [9.17, 15) is 9.46 Å². The Hall–Kier alpha value is 0.0200. The number of aliphatic hydroxyl groups is 1. The van der Waals surface area contributed by atoms with Crippen LogP contribution in [0.5, 0.6) is 0 Å². The van der Waals surface area contributed by atoms with Gasteiger partial charge in [0.05, 0.1) is 0 Å². The summed E-state index contributed by atoms with van der Waals surface area (Å²) in [6.07, 6.45) is 5.73. The van der Waals surface area contributed by atoms with Crippen LogP contribution in [-0.2, 0) is 4.57 Å². The smallest absolute Gasteiger partial charge is 0.341 e. The summed E-state index contributed by atoms with van der Waals surface area (Å²) in [4.78, 5) is 10.2. The Labute approximate surface area is 74.7 Å². The lowest BCUT2D eigenvalue weighted by atomic mass is 10.1. The van der Waals surface area contributed by atoms with Crippen LogP contribution in [0.4, 0.5) is 0 Å². The van der Waals surface area contributed by atoms with Crippen molar-refractivity contribution in [1.82, 2.24) is 0 Å². The van der Waals surface area contributed by atoms with E-state index < -0.39 is 13.9 Å². The first-order chi connectivity index (χ1) is 5.68. The van der Waals surface area contributed by atoms with Gasteiger partial charge < -0.3 is 10.00 Å². The van der Waals surface area contributed by atoms with Gasteiger partial charge in [-0.2, -0.15) is 0 Å². The molecule has 72 valence electrons. The molecule has 12 heavy (non-hydrogen) atoms. The zero-order valence-corrected chi connectivity index (χ0v) is 8.43. The maximum absolute atomic E-state index is 10.2. The molecule has 0 aromatic heterocycles. The number of hydrogen-bond donors (Lipinski definition) is 1. The standard InChI is InChI=1S/C8H17O3P/c1-2-3-4-5-6-7-8(9)12(10)11/h8-9H,2-7H2,1H3. The third kappa shape index (κ3) is 6.71. The minimum atomic E-state index is -2.63. The molecule has 1 N–H and O–H groups in total. The highest BCUT2D eigenvalue weighted by Gasteiger charge is 2.15. The van der Waals surface area contributed by atoms with Crippen molar-refractivity contribution in [2.24, 2.45) is 0 Å². The van der Waals surface area contributed by atoms with E-state index in [1.165, 1.54) is 12.8 Å². The summed E-state index contributed by atoms with van der Waals surface area (Å²) in [5, 5.41) is 8.89. The highest BCUT2D eigenvalue weighted by Crippen LogP contribution is 2.20. The van der Waals surface area contributed by atoms with Crippen LogP contribution in [-0.4, -0.2) is 11.0 Å². The molecule has 0 aliphatic heterocycles. The summed E-state index contributed by atoms with van der Waals surface area (Å²) in [7, 11) is -2.63. The molecule has 0 bridgehead atoms. The predicted molar refractivity (Wildman–Crippen MR) is 47.0 cm³/mol. The molecule has 0 heterocycles. The van der Waals surface area contributed by atoms with E-state index in [0.717, 1.165) is 19.3 Å². The number of aliphatic hydroxyl groups excluding tert-OH is 1. The molecule has 0 radical (unpaired) electrons. The van der Waals surface area contributed by atoms with Gasteiger partial charge >= 0.3 is 8.03 Å². The molecule has 0 spiro atoms. The molecule has 0 aliphatic rings. The zero-order valence-electron chi connectivity index (χ0n) is 7.53. The molecule has 0 amide bonds. The van der Waals surface area contributed by atoms with Gasteiger partial charge in [0.15, 0.2) is 0 Å². The molecule has 2 unspecified atom stereocenters. The van der Waals surface area contributed by atoms with Gasteiger partial charge in [0, 0.05) is 6.42 Å². The van der Waals surface area contributed by atoms with Gasteiger partial charge in [-0.25, -0.2) is 0 Å². The summed E-state index contributed by atoms with van der Waals surface area (Å²) in [6.45, 7) is 2.13. The Kier molecular flexibility index (Phi) is 7.67. The molecule has 0 fully saturated rings. The SMILES string of the molecule is CCCCCCCC(O)[P+](=O)[O-]. The minimum Gasteiger partial charge on any atom is -0.593 e. The molecule has 0 aromatic rings. The van der Waals surface area contributed by atoms with Crippen molar-refractivity contribution in [3.63, 3.8) is 0 Å². The minimum absolute atomic E-state index is 0.391. The van der Waals surface area contributed by atoms with Crippen molar-refractivity contribution in [1.29, 1.82) is 0 Å². The topological polar surface area (TPSA) is 60.4 Å². The van der Waals surface area contributed by atoms with Crippen LogP contribution in [0.25, 0.3) is 0 Å². The van der Waals surface area contributed by atoms with Crippen molar-refractivity contribution in [3.05, 3.63) is 0 Å². The fraction of sp³-hybridized carbons (Fsp3) is 1.00. The van der Waals surface area contributed by atoms with Gasteiger partial charge in [-0.05, 0) is 6.42 Å². The first-order valence-electron chi connectivity index (χ1n) is 4.50. The van der Waals surface area contributed by atoms with Crippen LogP contribution in [0.2, 0.25) is 0 Å². The van der Waals surface area contributed by atoms with Crippen molar-refractivity contribution in [3.8, 4) is 0 Å². The van der Waals surface area contributed by atoms with Gasteiger partial charge in [-0.1, -0.05) is 37.2 Å². The molecule has 0 saturated carbocycles. The second-order valence-electron chi connectivity index (χ2n) is 2.97. The molecule has 2 atom stereocenters. The lowest BCUT2D eigenvalue weighted by Gasteiger charge is -2.01. The van der Waals surface area contributed by atoms with E-state index in [0.29, 0.717) is 6.42 Å². The Morgan fingerprint density at radius 2 is 1.92 bits per heavy atom. The van der Waals surface area contributed by atoms with Crippen LogP contribution >= 0.6 is 8.03 Å². The summed E-state index contributed by atoms with van der Waals surface area (Å²) in [5.41, 5.74) is 0. The Morgan fingerprint density at radius 3 is 2.42 bits per heavy atom. The molecule has 0 aromatic carbocycles. The fourth-order valence-electron chi connectivity index (χ4n) is 1.04. The maximum Gasteiger partial charge on any atom is 0.341 e. The van der Waals surface area contributed by atoms with Crippen LogP contribution in [0.15, 0.2) is 0 Å². The Balaban J connectivity index is 3.14. The lowest BCUT2D eigenvalue weighted by molar-refractivity contribution is -0.172. The first kappa shape index (κ1) is 12.0. The third-order valence-electron chi connectivity index (χ3n) is 1.81. The van der Waals surface area contributed by atoms with Crippen molar-refractivity contribution < 1.29 is 14.6 Å². The van der Waals surface area contributed by atoms with Crippen LogP contribution in [0.3, 0.4) is 0 Å². The highest BCUT2D eigenvalue weighted by molar-refractivity contribution is 7.37. The number of hydrogen-bond acceptors (Lipinski definition) is 3. The summed E-state index contributed by atoms with van der Waals surface area (Å²) >= 11 is 0. The van der Waals surface area contributed by atoms with Gasteiger partial charge in [-0.15, -0.1) is 0 Å². The van der Waals surface area contributed by atoms with Crippen molar-refractivity contribution in [2.75, 3.05) is 0 Å². The highest BCUT2D eigenvalue weighted by atomic mass is 31.1. The largest absolute Gasteiger partial charge is 0.593 e. The van der Waals surface area contributed by atoms with E-state index in [-0.39, 0.29) is 0 Å². The van der Waals surface area contributed by atoms with Gasteiger partial charge in [0.1, 0.15) is 0 Å². The lowest BCUT2D eigenvalue weighted by Crippen LogP contribution is -2.06. The first-order valence-corrected chi connectivity index (χ1v) is 5.74. The molecular formula is C8H17O3P. The van der Waals surface area contributed by atoms with Crippen LogP contribution in [0.1, 0.15) is 45.4 Å². The van der Waals surface area contributed by atoms with Crippen LogP contribution in [0, 0.1) is 0 Å². The second kappa shape index (κ2) is 7.66. The van der Waals surface area contributed by atoms with Gasteiger partial charge in [0.2, 0.25) is 5.85 Å². The summed E-state index contributed by atoms with van der Waals surface area (Å²) < 4.78 is 10.2.